The molecule has 0 saturated carbocycles. The van der Waals surface area contributed by atoms with Gasteiger partial charge in [-0.25, -0.2) is 8.78 Å². The number of alkyl halides is 2. The van der Waals surface area contributed by atoms with Crippen LogP contribution in [0.1, 0.15) is 17.2 Å². The fourth-order valence-electron chi connectivity index (χ4n) is 1.48. The maximum absolute atomic E-state index is 12.6. The molecule has 1 rings (SSSR count). The van der Waals surface area contributed by atoms with E-state index in [9.17, 15) is 8.78 Å². The van der Waals surface area contributed by atoms with Crippen LogP contribution in [0.5, 0.6) is 0 Å². The fraction of sp³-hybridized carbons (Fsp3) is 0.455. The summed E-state index contributed by atoms with van der Waals surface area (Å²) in [6, 6.07) is 6.12. The molecule has 0 aliphatic rings. The molecule has 4 heteroatoms. The molecular weight excluding hydrogens is 200 g/mol. The Morgan fingerprint density at radius 1 is 1.40 bits per heavy atom. The Labute approximate surface area is 88.3 Å². The molecule has 0 aliphatic carbocycles. The van der Waals surface area contributed by atoms with Crippen LogP contribution in [0.4, 0.5) is 8.78 Å². The van der Waals surface area contributed by atoms with Crippen LogP contribution in [0.2, 0.25) is 0 Å². The standard InChI is InChI=1S/C11H15F2NO/c1-14-10(11(12)13)9-5-3-4-8(6-9)7-15-2/h3-6,10-11,14H,7H2,1-2H3. The monoisotopic (exact) mass is 215 g/mol. The lowest BCUT2D eigenvalue weighted by atomic mass is 10.0. The molecular formula is C11H15F2NO. The van der Waals surface area contributed by atoms with E-state index in [4.69, 9.17) is 4.74 Å². The third-order valence-corrected chi connectivity index (χ3v) is 2.18. The Morgan fingerprint density at radius 3 is 2.67 bits per heavy atom. The molecule has 0 fully saturated rings. The van der Waals surface area contributed by atoms with Crippen LogP contribution in [0.25, 0.3) is 0 Å². The van der Waals surface area contributed by atoms with Crippen molar-refractivity contribution in [2.45, 2.75) is 19.1 Å². The molecule has 1 atom stereocenters. The molecule has 0 aliphatic heterocycles. The van der Waals surface area contributed by atoms with E-state index < -0.39 is 12.5 Å². The van der Waals surface area contributed by atoms with Crippen molar-refractivity contribution >= 4 is 0 Å². The summed E-state index contributed by atoms with van der Waals surface area (Å²) >= 11 is 0. The number of nitrogens with one attached hydrogen (secondary N) is 1. The van der Waals surface area contributed by atoms with Gasteiger partial charge in [-0.1, -0.05) is 24.3 Å². The Balaban J connectivity index is 2.87. The highest BCUT2D eigenvalue weighted by molar-refractivity contribution is 5.26. The van der Waals surface area contributed by atoms with Crippen LogP contribution in [0.3, 0.4) is 0 Å². The predicted molar refractivity (Wildman–Crippen MR) is 55.0 cm³/mol. The van der Waals surface area contributed by atoms with Crippen LogP contribution in [0.15, 0.2) is 24.3 Å². The molecule has 0 radical (unpaired) electrons. The minimum Gasteiger partial charge on any atom is -0.380 e. The first kappa shape index (κ1) is 12.1. The summed E-state index contributed by atoms with van der Waals surface area (Å²) in [6.45, 7) is 0.438. The Morgan fingerprint density at radius 2 is 2.13 bits per heavy atom. The van der Waals surface area contributed by atoms with E-state index in [2.05, 4.69) is 5.32 Å². The van der Waals surface area contributed by atoms with E-state index in [1.54, 1.807) is 25.3 Å². The first-order valence-electron chi connectivity index (χ1n) is 4.72. The molecule has 84 valence electrons. The highest BCUT2D eigenvalue weighted by Crippen LogP contribution is 2.21. The molecule has 1 aromatic carbocycles. The maximum atomic E-state index is 12.6. The van der Waals surface area contributed by atoms with E-state index in [0.717, 1.165) is 5.56 Å². The summed E-state index contributed by atoms with van der Waals surface area (Å²) in [4.78, 5) is 0. The molecule has 0 spiro atoms. The Hall–Kier alpha value is -1.00. The van der Waals surface area contributed by atoms with Crippen molar-refractivity contribution in [3.8, 4) is 0 Å². The molecule has 1 aromatic rings. The van der Waals surface area contributed by atoms with E-state index in [1.807, 2.05) is 6.07 Å². The summed E-state index contributed by atoms with van der Waals surface area (Å²) < 4.78 is 30.2. The van der Waals surface area contributed by atoms with Gasteiger partial charge in [0.15, 0.2) is 0 Å². The van der Waals surface area contributed by atoms with Crippen molar-refractivity contribution in [2.75, 3.05) is 14.2 Å². The molecule has 1 unspecified atom stereocenters. The first-order chi connectivity index (χ1) is 7.19. The predicted octanol–water partition coefficient (Wildman–Crippen LogP) is 2.36. The zero-order valence-electron chi connectivity index (χ0n) is 8.84. The van der Waals surface area contributed by atoms with Gasteiger partial charge in [-0.15, -0.1) is 0 Å². The third kappa shape index (κ3) is 3.25. The fourth-order valence-corrected chi connectivity index (χ4v) is 1.48. The Bertz CT molecular complexity index is 304. The van der Waals surface area contributed by atoms with Crippen molar-refractivity contribution in [1.29, 1.82) is 0 Å². The highest BCUT2D eigenvalue weighted by Gasteiger charge is 2.20. The van der Waals surface area contributed by atoms with Gasteiger partial charge in [-0.2, -0.15) is 0 Å². The number of hydrogen-bond acceptors (Lipinski definition) is 2. The van der Waals surface area contributed by atoms with Gasteiger partial charge in [0.1, 0.15) is 0 Å². The molecule has 0 heterocycles. The maximum Gasteiger partial charge on any atom is 0.257 e. The van der Waals surface area contributed by atoms with Gasteiger partial charge in [0.05, 0.1) is 12.6 Å². The van der Waals surface area contributed by atoms with Crippen molar-refractivity contribution in [3.05, 3.63) is 35.4 Å². The Kier molecular flexibility index (Phi) is 4.65. The van der Waals surface area contributed by atoms with Crippen LogP contribution >= 0.6 is 0 Å². The normalized spacial score (nSPS) is 13.1. The number of rotatable bonds is 5. The number of halogens is 2. The zero-order valence-corrected chi connectivity index (χ0v) is 8.84. The third-order valence-electron chi connectivity index (χ3n) is 2.18. The van der Waals surface area contributed by atoms with E-state index >= 15 is 0 Å². The molecule has 2 nitrogen and oxygen atoms in total. The largest absolute Gasteiger partial charge is 0.380 e. The average Bonchev–Trinajstić information content (AvgIpc) is 2.19. The number of methoxy groups -OCH3 is 1. The van der Waals surface area contributed by atoms with Crippen LogP contribution in [-0.4, -0.2) is 20.6 Å². The second kappa shape index (κ2) is 5.78. The minimum absolute atomic E-state index is 0.438. The van der Waals surface area contributed by atoms with Crippen LogP contribution < -0.4 is 5.32 Å². The summed E-state index contributed by atoms with van der Waals surface area (Å²) in [7, 11) is 3.11. The summed E-state index contributed by atoms with van der Waals surface area (Å²) in [6.07, 6.45) is -2.41. The lowest BCUT2D eigenvalue weighted by Crippen LogP contribution is -2.23. The lowest BCUT2D eigenvalue weighted by molar-refractivity contribution is 0.102. The van der Waals surface area contributed by atoms with Gasteiger partial charge in [-0.3, -0.25) is 0 Å². The highest BCUT2D eigenvalue weighted by atomic mass is 19.3. The molecule has 0 amide bonds. The molecule has 0 bridgehead atoms. The zero-order chi connectivity index (χ0) is 11.3. The van der Waals surface area contributed by atoms with Gasteiger partial charge >= 0.3 is 0 Å². The van der Waals surface area contributed by atoms with Gasteiger partial charge in [0.25, 0.3) is 6.43 Å². The smallest absolute Gasteiger partial charge is 0.257 e. The average molecular weight is 215 g/mol. The van der Waals surface area contributed by atoms with E-state index in [-0.39, 0.29) is 0 Å². The lowest BCUT2D eigenvalue weighted by Gasteiger charge is -2.16. The van der Waals surface area contributed by atoms with Crippen LogP contribution in [0, 0.1) is 0 Å². The van der Waals surface area contributed by atoms with Gasteiger partial charge < -0.3 is 10.1 Å². The molecule has 1 N–H and O–H groups in total. The topological polar surface area (TPSA) is 21.3 Å². The summed E-state index contributed by atoms with van der Waals surface area (Å²) in [5, 5.41) is 2.60. The summed E-state index contributed by atoms with van der Waals surface area (Å²) in [5.41, 5.74) is 1.48. The second-order valence-corrected chi connectivity index (χ2v) is 3.28. The van der Waals surface area contributed by atoms with Gasteiger partial charge in [0.2, 0.25) is 0 Å². The van der Waals surface area contributed by atoms with E-state index in [1.165, 1.54) is 7.05 Å². The van der Waals surface area contributed by atoms with E-state index in [0.29, 0.717) is 12.2 Å². The molecule has 15 heavy (non-hydrogen) atoms. The van der Waals surface area contributed by atoms with Gasteiger partial charge in [-0.05, 0) is 18.2 Å². The number of ether oxygens (including phenoxy) is 1. The SMILES string of the molecule is CNC(c1cccc(COC)c1)C(F)F. The van der Waals surface area contributed by atoms with Gasteiger partial charge in [0, 0.05) is 7.11 Å². The van der Waals surface area contributed by atoms with Crippen molar-refractivity contribution in [2.24, 2.45) is 0 Å². The van der Waals surface area contributed by atoms with Crippen molar-refractivity contribution in [3.63, 3.8) is 0 Å². The number of benzene rings is 1. The van der Waals surface area contributed by atoms with Crippen LogP contribution in [-0.2, 0) is 11.3 Å². The van der Waals surface area contributed by atoms with Crippen molar-refractivity contribution in [1.82, 2.24) is 5.32 Å². The second-order valence-electron chi connectivity index (χ2n) is 3.28. The summed E-state index contributed by atoms with van der Waals surface area (Å²) in [5.74, 6) is 0. The molecule has 0 saturated heterocycles. The van der Waals surface area contributed by atoms with Crippen molar-refractivity contribution < 1.29 is 13.5 Å². The quantitative estimate of drug-likeness (QED) is 0.814. The first-order valence-corrected chi connectivity index (χ1v) is 4.72. The minimum atomic E-state index is -2.41. The number of hydrogen-bond donors (Lipinski definition) is 1. The molecule has 0 aromatic heterocycles.